The molecular formula is C8H17NO. The van der Waals surface area contributed by atoms with E-state index in [2.05, 4.69) is 13.5 Å². The molecule has 1 atom stereocenters. The fourth-order valence-electron chi connectivity index (χ4n) is 0.479. The van der Waals surface area contributed by atoms with Gasteiger partial charge in [-0.2, -0.15) is 0 Å². The van der Waals surface area contributed by atoms with Gasteiger partial charge in [-0.3, -0.25) is 0 Å². The third-order valence-corrected chi connectivity index (χ3v) is 1.29. The summed E-state index contributed by atoms with van der Waals surface area (Å²) in [4.78, 5) is 0. The van der Waals surface area contributed by atoms with Crippen molar-refractivity contribution < 1.29 is 4.74 Å². The Bertz CT molecular complexity index is 99.4. The number of nitrogens with two attached hydrogens (primary N) is 1. The normalized spacial score (nSPS) is 12.7. The highest BCUT2D eigenvalue weighted by Gasteiger charge is 1.98. The van der Waals surface area contributed by atoms with Crippen LogP contribution < -0.4 is 5.73 Å². The Morgan fingerprint density at radius 3 is 2.70 bits per heavy atom. The van der Waals surface area contributed by atoms with Crippen molar-refractivity contribution in [1.82, 2.24) is 0 Å². The molecule has 2 N–H and O–H groups in total. The molecule has 0 aromatic carbocycles. The van der Waals surface area contributed by atoms with E-state index in [9.17, 15) is 0 Å². The molecule has 60 valence electrons. The molecule has 0 aliphatic heterocycles. The Morgan fingerprint density at radius 2 is 2.30 bits per heavy atom. The lowest BCUT2D eigenvalue weighted by Gasteiger charge is -2.10. The Kier molecular flexibility index (Phi) is 5.03. The molecule has 0 bridgehead atoms. The number of hydrogen-bond acceptors (Lipinski definition) is 2. The average Bonchev–Trinajstić information content (AvgIpc) is 1.88. The molecule has 0 spiro atoms. The van der Waals surface area contributed by atoms with Crippen LogP contribution in [-0.4, -0.2) is 12.6 Å². The van der Waals surface area contributed by atoms with Crippen LogP contribution in [-0.2, 0) is 4.74 Å². The van der Waals surface area contributed by atoms with Gasteiger partial charge >= 0.3 is 0 Å². The Labute approximate surface area is 63.1 Å². The minimum atomic E-state index is -0.0446. The van der Waals surface area contributed by atoms with Crippen LogP contribution in [0.1, 0.15) is 26.7 Å². The summed E-state index contributed by atoms with van der Waals surface area (Å²) in [6.45, 7) is 8.42. The molecule has 0 aliphatic rings. The van der Waals surface area contributed by atoms with E-state index < -0.39 is 0 Å². The van der Waals surface area contributed by atoms with E-state index in [1.54, 1.807) is 0 Å². The summed E-state index contributed by atoms with van der Waals surface area (Å²) in [6.07, 6.45) is 2.22. The molecule has 10 heavy (non-hydrogen) atoms. The molecule has 0 rings (SSSR count). The molecule has 2 nitrogen and oxygen atoms in total. The first kappa shape index (κ1) is 9.50. The zero-order chi connectivity index (χ0) is 7.98. The van der Waals surface area contributed by atoms with Gasteiger partial charge in [0.2, 0.25) is 0 Å². The van der Waals surface area contributed by atoms with Crippen molar-refractivity contribution in [1.29, 1.82) is 0 Å². The lowest BCUT2D eigenvalue weighted by Crippen LogP contribution is -2.19. The van der Waals surface area contributed by atoms with Crippen LogP contribution in [0.4, 0.5) is 0 Å². The van der Waals surface area contributed by atoms with Crippen LogP contribution in [0.15, 0.2) is 12.3 Å². The monoisotopic (exact) mass is 143 g/mol. The van der Waals surface area contributed by atoms with E-state index in [0.717, 1.165) is 19.4 Å². The molecule has 0 radical (unpaired) electrons. The molecule has 0 heterocycles. The van der Waals surface area contributed by atoms with Crippen molar-refractivity contribution in [2.45, 2.75) is 32.7 Å². The lowest BCUT2D eigenvalue weighted by atomic mass is 10.3. The van der Waals surface area contributed by atoms with Gasteiger partial charge in [0.1, 0.15) is 5.76 Å². The largest absolute Gasteiger partial charge is 0.497 e. The van der Waals surface area contributed by atoms with Crippen LogP contribution in [0.3, 0.4) is 0 Å². The number of ether oxygens (including phenoxy) is 1. The smallest absolute Gasteiger partial charge is 0.105 e. The Balaban J connectivity index is 3.22. The molecule has 0 amide bonds. The van der Waals surface area contributed by atoms with E-state index in [-0.39, 0.29) is 6.04 Å². The topological polar surface area (TPSA) is 35.2 Å². The van der Waals surface area contributed by atoms with Gasteiger partial charge in [-0.25, -0.2) is 0 Å². The molecule has 0 aromatic rings. The maximum atomic E-state index is 5.49. The maximum Gasteiger partial charge on any atom is 0.105 e. The van der Waals surface area contributed by atoms with Crippen LogP contribution in [0.2, 0.25) is 0 Å². The van der Waals surface area contributed by atoms with Crippen molar-refractivity contribution in [2.75, 3.05) is 6.61 Å². The average molecular weight is 143 g/mol. The molecule has 0 aliphatic carbocycles. The molecule has 0 aromatic heterocycles. The first-order valence-corrected chi connectivity index (χ1v) is 3.75. The molecule has 0 saturated carbocycles. The van der Waals surface area contributed by atoms with Gasteiger partial charge in [0, 0.05) is 0 Å². The summed E-state index contributed by atoms with van der Waals surface area (Å²) < 4.78 is 5.22. The zero-order valence-electron chi connectivity index (χ0n) is 6.89. The van der Waals surface area contributed by atoms with Crippen molar-refractivity contribution in [3.05, 3.63) is 12.3 Å². The minimum Gasteiger partial charge on any atom is -0.497 e. The van der Waals surface area contributed by atoms with E-state index in [1.807, 2.05) is 6.92 Å². The molecular weight excluding hydrogens is 126 g/mol. The highest BCUT2D eigenvalue weighted by atomic mass is 16.5. The molecule has 0 saturated heterocycles. The van der Waals surface area contributed by atoms with E-state index in [0.29, 0.717) is 5.76 Å². The minimum absolute atomic E-state index is 0.0446. The number of unbranched alkanes of at least 4 members (excludes halogenated alkanes) is 1. The second-order valence-corrected chi connectivity index (χ2v) is 2.46. The molecule has 2 heteroatoms. The lowest BCUT2D eigenvalue weighted by molar-refractivity contribution is 0.193. The van der Waals surface area contributed by atoms with E-state index in [4.69, 9.17) is 10.5 Å². The molecule has 0 fully saturated rings. The summed E-state index contributed by atoms with van der Waals surface area (Å²) in [5.74, 6) is 0.688. The Morgan fingerprint density at radius 1 is 1.70 bits per heavy atom. The van der Waals surface area contributed by atoms with Gasteiger partial charge in [-0.05, 0) is 13.3 Å². The fourth-order valence-corrected chi connectivity index (χ4v) is 0.479. The van der Waals surface area contributed by atoms with Crippen LogP contribution in [0.25, 0.3) is 0 Å². The summed E-state index contributed by atoms with van der Waals surface area (Å²) in [7, 11) is 0. The highest BCUT2D eigenvalue weighted by molar-refractivity contribution is 4.91. The van der Waals surface area contributed by atoms with E-state index >= 15 is 0 Å². The SMILES string of the molecule is C=C(OCCCC)C(C)N. The van der Waals surface area contributed by atoms with Crippen LogP contribution in [0, 0.1) is 0 Å². The zero-order valence-corrected chi connectivity index (χ0v) is 6.89. The summed E-state index contributed by atoms with van der Waals surface area (Å²) >= 11 is 0. The van der Waals surface area contributed by atoms with Crippen molar-refractivity contribution in [3.63, 3.8) is 0 Å². The maximum absolute atomic E-state index is 5.49. The second kappa shape index (κ2) is 5.30. The summed E-state index contributed by atoms with van der Waals surface area (Å²) in [6, 6.07) is -0.0446. The summed E-state index contributed by atoms with van der Waals surface area (Å²) in [5, 5.41) is 0. The first-order chi connectivity index (χ1) is 4.68. The number of hydrogen-bond donors (Lipinski definition) is 1. The van der Waals surface area contributed by atoms with Crippen molar-refractivity contribution in [2.24, 2.45) is 5.73 Å². The Hall–Kier alpha value is -0.500. The molecule has 1 unspecified atom stereocenters. The van der Waals surface area contributed by atoms with Crippen LogP contribution >= 0.6 is 0 Å². The highest BCUT2D eigenvalue weighted by Crippen LogP contribution is 1.99. The van der Waals surface area contributed by atoms with Gasteiger partial charge in [-0.1, -0.05) is 19.9 Å². The fraction of sp³-hybridized carbons (Fsp3) is 0.750. The second-order valence-electron chi connectivity index (χ2n) is 2.46. The number of rotatable bonds is 5. The predicted octanol–water partition coefficient (Wildman–Crippen LogP) is 1.66. The van der Waals surface area contributed by atoms with Crippen LogP contribution in [0.5, 0.6) is 0 Å². The predicted molar refractivity (Wildman–Crippen MR) is 43.6 cm³/mol. The standard InChI is InChI=1S/C8H17NO/c1-4-5-6-10-8(3)7(2)9/h7H,3-6,9H2,1-2H3. The summed E-state index contributed by atoms with van der Waals surface area (Å²) in [5.41, 5.74) is 5.49. The van der Waals surface area contributed by atoms with E-state index in [1.165, 1.54) is 0 Å². The first-order valence-electron chi connectivity index (χ1n) is 3.75. The van der Waals surface area contributed by atoms with Gasteiger partial charge in [-0.15, -0.1) is 0 Å². The van der Waals surface area contributed by atoms with Crippen molar-refractivity contribution in [3.8, 4) is 0 Å². The van der Waals surface area contributed by atoms with Gasteiger partial charge < -0.3 is 10.5 Å². The third kappa shape index (κ3) is 4.39. The quantitative estimate of drug-likeness (QED) is 0.469. The van der Waals surface area contributed by atoms with Gasteiger partial charge in [0.05, 0.1) is 12.6 Å². The van der Waals surface area contributed by atoms with Gasteiger partial charge in [0.15, 0.2) is 0 Å². The van der Waals surface area contributed by atoms with Crippen molar-refractivity contribution >= 4 is 0 Å². The third-order valence-electron chi connectivity index (χ3n) is 1.29. The van der Waals surface area contributed by atoms with Gasteiger partial charge in [0.25, 0.3) is 0 Å².